The maximum atomic E-state index is 13.3. The largest absolute Gasteiger partial charge is 0.269 e. The Morgan fingerprint density at radius 1 is 0.767 bits per heavy atom. The summed E-state index contributed by atoms with van der Waals surface area (Å²) in [7, 11) is 0. The Labute approximate surface area is 177 Å². The Morgan fingerprint density at radius 3 is 1.67 bits per heavy atom. The molecule has 0 saturated carbocycles. The normalized spacial score (nSPS) is 11.8. The third kappa shape index (κ3) is 5.17. The molecule has 1 heterocycles. The van der Waals surface area contributed by atoms with Crippen molar-refractivity contribution >= 4 is 29.8 Å². The van der Waals surface area contributed by atoms with Crippen molar-refractivity contribution in [3.63, 3.8) is 0 Å². The molecule has 30 heavy (non-hydrogen) atoms. The third-order valence-electron chi connectivity index (χ3n) is 4.58. The number of hydrogen-bond acceptors (Lipinski definition) is 3. The van der Waals surface area contributed by atoms with Crippen molar-refractivity contribution in [1.82, 2.24) is 4.98 Å². The highest BCUT2D eigenvalue weighted by Crippen LogP contribution is 2.20. The molecular formula is C26H24N2O2. The van der Waals surface area contributed by atoms with Crippen LogP contribution < -0.4 is 4.90 Å². The molecule has 2 aromatic carbocycles. The minimum atomic E-state index is -0.400. The van der Waals surface area contributed by atoms with Gasteiger partial charge in [-0.3, -0.25) is 9.59 Å². The van der Waals surface area contributed by atoms with Crippen molar-refractivity contribution in [2.24, 2.45) is 0 Å². The Bertz CT molecular complexity index is 1030. The van der Waals surface area contributed by atoms with E-state index >= 15 is 0 Å². The summed E-state index contributed by atoms with van der Waals surface area (Å²) in [4.78, 5) is 32.1. The average Bonchev–Trinajstić information content (AvgIpc) is 2.75. The molecule has 0 aliphatic carbocycles. The number of hydrogen-bond donors (Lipinski definition) is 0. The van der Waals surface area contributed by atoms with Crippen molar-refractivity contribution in [3.05, 3.63) is 107 Å². The minimum absolute atomic E-state index is 0.312. The van der Waals surface area contributed by atoms with Gasteiger partial charge in [0.1, 0.15) is 5.82 Å². The third-order valence-corrected chi connectivity index (χ3v) is 4.58. The predicted octanol–water partition coefficient (Wildman–Crippen LogP) is 5.46. The summed E-state index contributed by atoms with van der Waals surface area (Å²) in [5, 5.41) is 0. The second-order valence-corrected chi connectivity index (χ2v) is 7.11. The van der Waals surface area contributed by atoms with E-state index in [0.717, 1.165) is 21.6 Å². The molecule has 0 fully saturated rings. The van der Waals surface area contributed by atoms with Gasteiger partial charge >= 0.3 is 0 Å². The number of carbonyl (C=O) groups is 2. The van der Waals surface area contributed by atoms with Crippen molar-refractivity contribution in [2.45, 2.75) is 20.8 Å². The van der Waals surface area contributed by atoms with Crippen LogP contribution in [0.1, 0.15) is 30.5 Å². The Balaban J connectivity index is 2.00. The molecule has 4 nitrogen and oxygen atoms in total. The highest BCUT2D eigenvalue weighted by Gasteiger charge is 2.27. The van der Waals surface area contributed by atoms with E-state index in [1.165, 1.54) is 0 Å². The smallest absolute Gasteiger partial charge is 0.262 e. The number of aryl methyl sites for hydroxylation is 1. The number of amides is 2. The van der Waals surface area contributed by atoms with Gasteiger partial charge < -0.3 is 0 Å². The highest BCUT2D eigenvalue weighted by molar-refractivity contribution is 6.26. The van der Waals surface area contributed by atoms with E-state index in [4.69, 9.17) is 0 Å². The molecule has 3 aromatic rings. The number of rotatable bonds is 5. The molecule has 1 aromatic heterocycles. The zero-order valence-corrected chi connectivity index (χ0v) is 17.4. The molecular weight excluding hydrogens is 372 g/mol. The fraction of sp³-hybridized carbons (Fsp3) is 0.115. The van der Waals surface area contributed by atoms with Crippen LogP contribution in [0.5, 0.6) is 0 Å². The van der Waals surface area contributed by atoms with Crippen LogP contribution in [0.3, 0.4) is 0 Å². The summed E-state index contributed by atoms with van der Waals surface area (Å²) < 4.78 is 0. The lowest BCUT2D eigenvalue weighted by Gasteiger charge is -2.21. The monoisotopic (exact) mass is 396 g/mol. The second-order valence-electron chi connectivity index (χ2n) is 7.11. The Morgan fingerprint density at radius 2 is 1.23 bits per heavy atom. The maximum absolute atomic E-state index is 13.3. The van der Waals surface area contributed by atoms with Crippen LogP contribution in [-0.4, -0.2) is 16.8 Å². The van der Waals surface area contributed by atoms with E-state index in [0.29, 0.717) is 17.0 Å². The molecule has 2 amide bonds. The minimum Gasteiger partial charge on any atom is -0.269 e. The molecule has 0 N–H and O–H groups in total. The van der Waals surface area contributed by atoms with Gasteiger partial charge in [-0.15, -0.1) is 0 Å². The molecule has 0 atom stereocenters. The second kappa shape index (κ2) is 9.61. The number of nitrogens with zero attached hydrogens (tertiary/aromatic N) is 2. The van der Waals surface area contributed by atoms with Gasteiger partial charge in [-0.2, -0.15) is 0 Å². The molecule has 150 valence electrons. The first-order chi connectivity index (χ1) is 14.5. The first-order valence-corrected chi connectivity index (χ1v) is 9.74. The number of aromatic nitrogens is 1. The van der Waals surface area contributed by atoms with Gasteiger partial charge in [0.25, 0.3) is 11.8 Å². The summed E-state index contributed by atoms with van der Waals surface area (Å²) in [6.45, 7) is 5.32. The summed E-state index contributed by atoms with van der Waals surface area (Å²) in [5.41, 5.74) is 3.60. The molecule has 0 radical (unpaired) electrons. The highest BCUT2D eigenvalue weighted by atomic mass is 16.2. The van der Waals surface area contributed by atoms with Crippen LogP contribution in [0.25, 0.3) is 12.2 Å². The fourth-order valence-electron chi connectivity index (χ4n) is 3.02. The van der Waals surface area contributed by atoms with E-state index in [9.17, 15) is 9.59 Å². The van der Waals surface area contributed by atoms with Crippen LogP contribution in [-0.2, 0) is 9.59 Å². The van der Waals surface area contributed by atoms with E-state index in [1.807, 2.05) is 73.7 Å². The van der Waals surface area contributed by atoms with Crippen molar-refractivity contribution in [3.8, 4) is 0 Å². The first kappa shape index (κ1) is 20.9. The number of pyridine rings is 1. The van der Waals surface area contributed by atoms with Crippen LogP contribution >= 0.6 is 0 Å². The maximum Gasteiger partial charge on any atom is 0.262 e. The molecule has 3 rings (SSSR count). The van der Waals surface area contributed by atoms with Gasteiger partial charge in [0.2, 0.25) is 0 Å². The van der Waals surface area contributed by atoms with Crippen LogP contribution in [0.2, 0.25) is 0 Å². The zero-order chi connectivity index (χ0) is 21.5. The molecule has 0 unspecified atom stereocenters. The van der Waals surface area contributed by atoms with Gasteiger partial charge in [-0.1, -0.05) is 60.7 Å². The molecule has 0 aliphatic rings. The number of carbonyl (C=O) groups excluding carboxylic acids is 2. The van der Waals surface area contributed by atoms with Gasteiger partial charge in [0, 0.05) is 17.3 Å². The van der Waals surface area contributed by atoms with E-state index in [-0.39, 0.29) is 0 Å². The lowest BCUT2D eigenvalue weighted by molar-refractivity contribution is -0.122. The number of benzene rings is 2. The van der Waals surface area contributed by atoms with E-state index in [2.05, 4.69) is 4.98 Å². The summed E-state index contributed by atoms with van der Waals surface area (Å²) >= 11 is 0. The average molecular weight is 396 g/mol. The van der Waals surface area contributed by atoms with Gasteiger partial charge in [0.05, 0.1) is 0 Å². The van der Waals surface area contributed by atoms with Crippen molar-refractivity contribution in [2.75, 3.05) is 4.90 Å². The van der Waals surface area contributed by atoms with Crippen molar-refractivity contribution in [1.29, 1.82) is 0 Å². The van der Waals surface area contributed by atoms with E-state index in [1.54, 1.807) is 38.3 Å². The van der Waals surface area contributed by atoms with Crippen LogP contribution in [0.15, 0.2) is 90.1 Å². The first-order valence-electron chi connectivity index (χ1n) is 9.74. The quantitative estimate of drug-likeness (QED) is 0.538. The van der Waals surface area contributed by atoms with E-state index < -0.39 is 11.8 Å². The number of anilines is 1. The lowest BCUT2D eigenvalue weighted by Crippen LogP contribution is -2.38. The topological polar surface area (TPSA) is 50.3 Å². The zero-order valence-electron chi connectivity index (χ0n) is 17.4. The molecule has 0 saturated heterocycles. The molecule has 0 spiro atoms. The van der Waals surface area contributed by atoms with Crippen molar-refractivity contribution < 1.29 is 9.59 Å². The Hall–Kier alpha value is -3.79. The summed E-state index contributed by atoms with van der Waals surface area (Å²) in [5.74, 6) is -0.489. The summed E-state index contributed by atoms with van der Waals surface area (Å²) in [6, 6.07) is 22.7. The predicted molar refractivity (Wildman–Crippen MR) is 122 cm³/mol. The van der Waals surface area contributed by atoms with Gasteiger partial charge in [0.15, 0.2) is 0 Å². The molecule has 0 aliphatic heterocycles. The SMILES string of the molecule is CC(=Cc1ccccc1)C(=O)N(C(=O)C(C)=Cc1ccccc1)c1cc(C)ccn1. The van der Waals surface area contributed by atoms with Crippen LogP contribution in [0.4, 0.5) is 5.82 Å². The summed E-state index contributed by atoms with van der Waals surface area (Å²) in [6.07, 6.45) is 5.15. The molecule has 0 bridgehead atoms. The van der Waals surface area contributed by atoms with Crippen LogP contribution in [0, 0.1) is 6.92 Å². The fourth-order valence-corrected chi connectivity index (χ4v) is 3.02. The molecule has 4 heteroatoms. The standard InChI is InChI=1S/C26H24N2O2/c1-19-14-15-27-24(16-19)28(25(29)20(2)17-22-10-6-4-7-11-22)26(30)21(3)18-23-12-8-5-9-13-23/h4-18H,1-3H3. The number of imide groups is 1. The Kier molecular flexibility index (Phi) is 6.71. The van der Waals surface area contributed by atoms with Gasteiger partial charge in [-0.25, -0.2) is 9.88 Å². The van der Waals surface area contributed by atoms with Gasteiger partial charge in [-0.05, 0) is 61.7 Å². The lowest BCUT2D eigenvalue weighted by atomic mass is 10.1.